The Morgan fingerprint density at radius 2 is 0.476 bits per heavy atom. The fourth-order valence-corrected chi connectivity index (χ4v) is 11.4. The number of phosphoric acid groups is 2. The molecule has 0 saturated heterocycles. The van der Waals surface area contributed by atoms with Gasteiger partial charge >= 0.3 is 39.5 Å². The van der Waals surface area contributed by atoms with Crippen LogP contribution in [0, 0.1) is 0 Å². The molecule has 5 atom stereocenters. The van der Waals surface area contributed by atoms with Gasteiger partial charge in [0.05, 0.1) is 26.4 Å². The quantitative estimate of drug-likeness (QED) is 0.0222. The second-order valence-corrected chi connectivity index (χ2v) is 26.4. The van der Waals surface area contributed by atoms with E-state index >= 15 is 0 Å². The van der Waals surface area contributed by atoms with Gasteiger partial charge in [0.25, 0.3) is 0 Å². The summed E-state index contributed by atoms with van der Waals surface area (Å²) in [5.74, 6) is -2.14. The van der Waals surface area contributed by atoms with Gasteiger partial charge in [-0.1, -0.05) is 285 Å². The van der Waals surface area contributed by atoms with E-state index in [2.05, 4.69) is 27.7 Å². The third-order valence-corrected chi connectivity index (χ3v) is 17.0. The summed E-state index contributed by atoms with van der Waals surface area (Å²) in [5, 5.41) is 10.5. The van der Waals surface area contributed by atoms with Gasteiger partial charge in [-0.2, -0.15) is 0 Å². The van der Waals surface area contributed by atoms with Crippen molar-refractivity contribution in [2.45, 2.75) is 354 Å². The number of hydrogen-bond donors (Lipinski definition) is 3. The minimum Gasteiger partial charge on any atom is -0.462 e. The molecule has 84 heavy (non-hydrogen) atoms. The zero-order valence-corrected chi connectivity index (χ0v) is 55.7. The predicted molar refractivity (Wildman–Crippen MR) is 335 cm³/mol. The van der Waals surface area contributed by atoms with E-state index in [1.807, 2.05) is 0 Å². The zero-order chi connectivity index (χ0) is 61.9. The predicted octanol–water partition coefficient (Wildman–Crippen LogP) is 18.3. The summed E-state index contributed by atoms with van der Waals surface area (Å²) in [6, 6.07) is 0. The lowest BCUT2D eigenvalue weighted by Gasteiger charge is -2.21. The number of hydrogen-bond acceptors (Lipinski definition) is 15. The number of rotatable bonds is 66. The lowest BCUT2D eigenvalue weighted by molar-refractivity contribution is -0.161. The first-order valence-electron chi connectivity index (χ1n) is 34.3. The van der Waals surface area contributed by atoms with Crippen LogP contribution in [0.3, 0.4) is 0 Å². The van der Waals surface area contributed by atoms with Gasteiger partial charge in [0.15, 0.2) is 12.2 Å². The van der Waals surface area contributed by atoms with Crippen LogP contribution in [0.1, 0.15) is 336 Å². The second-order valence-electron chi connectivity index (χ2n) is 23.5. The topological polar surface area (TPSA) is 237 Å². The normalized spacial score (nSPS) is 14.1. The first-order valence-corrected chi connectivity index (χ1v) is 37.3. The number of aliphatic hydroxyl groups excluding tert-OH is 1. The molecular formula is C65H126O17P2. The third-order valence-electron chi connectivity index (χ3n) is 15.1. The van der Waals surface area contributed by atoms with Crippen LogP contribution >= 0.6 is 15.6 Å². The minimum atomic E-state index is -4.94. The van der Waals surface area contributed by atoms with E-state index in [-0.39, 0.29) is 25.7 Å². The molecule has 0 aliphatic rings. The van der Waals surface area contributed by atoms with Crippen LogP contribution < -0.4 is 0 Å². The Labute approximate surface area is 511 Å². The van der Waals surface area contributed by atoms with Crippen molar-refractivity contribution in [1.82, 2.24) is 0 Å². The van der Waals surface area contributed by atoms with E-state index in [1.165, 1.54) is 141 Å². The maximum Gasteiger partial charge on any atom is 0.472 e. The SMILES string of the molecule is CCCCCCCCCCCCCCCCCCCCCCCC(=O)O[C@H](COC(=O)CCCCCCCCCCC)COP(=O)(O)OC[C@@H](O)COP(=O)(O)OC[C@@H](COC(=O)CCCCCCCCC)OC(=O)CCCCCCCCC. The van der Waals surface area contributed by atoms with Crippen LogP contribution in [0.5, 0.6) is 0 Å². The maximum absolute atomic E-state index is 13.0. The highest BCUT2D eigenvalue weighted by molar-refractivity contribution is 7.47. The molecule has 498 valence electrons. The van der Waals surface area contributed by atoms with Gasteiger partial charge in [-0.3, -0.25) is 37.3 Å². The number of carbonyl (C=O) groups is 4. The summed E-state index contributed by atoms with van der Waals surface area (Å²) < 4.78 is 67.8. The Hall–Kier alpha value is -1.94. The average molecular weight is 1240 g/mol. The van der Waals surface area contributed by atoms with Crippen LogP contribution in [-0.2, 0) is 65.4 Å². The summed E-state index contributed by atoms with van der Waals surface area (Å²) >= 11 is 0. The molecule has 0 radical (unpaired) electrons. The summed E-state index contributed by atoms with van der Waals surface area (Å²) in [5.41, 5.74) is 0. The van der Waals surface area contributed by atoms with E-state index in [9.17, 15) is 43.2 Å². The van der Waals surface area contributed by atoms with Crippen molar-refractivity contribution in [2.75, 3.05) is 39.6 Å². The van der Waals surface area contributed by atoms with Crippen LogP contribution in [0.2, 0.25) is 0 Å². The number of aliphatic hydroxyl groups is 1. The van der Waals surface area contributed by atoms with Crippen LogP contribution in [-0.4, -0.2) is 96.7 Å². The Balaban J connectivity index is 5.05. The molecule has 0 fully saturated rings. The molecule has 0 aliphatic carbocycles. The standard InChI is InChI=1S/C65H126O17P2/c1-5-9-13-17-21-23-24-25-26-27-28-29-30-31-32-33-34-36-40-44-48-52-65(70)82-61(56-76-63(68)50-46-42-39-35-22-18-14-10-6-2)58-80-84(73,74)78-54-59(66)53-77-83(71,72)79-57-60(81-64(69)51-47-43-38-20-16-12-8-4)55-75-62(67)49-45-41-37-19-15-11-7-3/h59-61,66H,5-58H2,1-4H3,(H,71,72)(H,73,74)/t59-,60+,61+/m0/s1. The molecule has 0 aromatic rings. The highest BCUT2D eigenvalue weighted by atomic mass is 31.2. The van der Waals surface area contributed by atoms with Crippen molar-refractivity contribution in [2.24, 2.45) is 0 Å². The van der Waals surface area contributed by atoms with E-state index in [0.29, 0.717) is 25.7 Å². The van der Waals surface area contributed by atoms with Gasteiger partial charge in [0.2, 0.25) is 0 Å². The molecule has 0 rings (SSSR count). The van der Waals surface area contributed by atoms with Gasteiger partial charge in [-0.05, 0) is 25.7 Å². The third kappa shape index (κ3) is 59.0. The van der Waals surface area contributed by atoms with Crippen LogP contribution in [0.25, 0.3) is 0 Å². The molecule has 17 nitrogen and oxygen atoms in total. The summed E-state index contributed by atoms with van der Waals surface area (Å²) in [4.78, 5) is 71.9. The van der Waals surface area contributed by atoms with Gasteiger partial charge in [0.1, 0.15) is 19.3 Å². The summed E-state index contributed by atoms with van der Waals surface area (Å²) in [6.07, 6.45) is 46.3. The van der Waals surface area contributed by atoms with Gasteiger partial charge in [0, 0.05) is 25.7 Å². The molecule has 19 heteroatoms. The van der Waals surface area contributed by atoms with Crippen molar-refractivity contribution in [3.8, 4) is 0 Å². The summed E-state index contributed by atoms with van der Waals surface area (Å²) in [6.45, 7) is 4.80. The largest absolute Gasteiger partial charge is 0.472 e. The number of esters is 4. The molecule has 0 aromatic heterocycles. The first kappa shape index (κ1) is 82.1. The zero-order valence-electron chi connectivity index (χ0n) is 53.9. The van der Waals surface area contributed by atoms with Crippen LogP contribution in [0.4, 0.5) is 0 Å². The van der Waals surface area contributed by atoms with Crippen molar-refractivity contribution in [1.29, 1.82) is 0 Å². The molecule has 0 aromatic carbocycles. The monoisotopic (exact) mass is 1240 g/mol. The average Bonchev–Trinajstić information content (AvgIpc) is 3.59. The number of phosphoric ester groups is 2. The van der Waals surface area contributed by atoms with E-state index in [4.69, 9.17) is 37.0 Å². The van der Waals surface area contributed by atoms with Crippen molar-refractivity contribution < 1.29 is 80.2 Å². The minimum absolute atomic E-state index is 0.104. The van der Waals surface area contributed by atoms with Crippen molar-refractivity contribution in [3.05, 3.63) is 0 Å². The molecule has 0 bridgehead atoms. The molecule has 0 heterocycles. The highest BCUT2D eigenvalue weighted by Crippen LogP contribution is 2.45. The van der Waals surface area contributed by atoms with Crippen LogP contribution in [0.15, 0.2) is 0 Å². The molecule has 2 unspecified atom stereocenters. The molecule has 0 spiro atoms. The Bertz CT molecular complexity index is 1620. The fourth-order valence-electron chi connectivity index (χ4n) is 9.81. The Morgan fingerprint density at radius 1 is 0.286 bits per heavy atom. The molecule has 0 saturated carbocycles. The lowest BCUT2D eigenvalue weighted by Crippen LogP contribution is -2.30. The highest BCUT2D eigenvalue weighted by Gasteiger charge is 2.30. The van der Waals surface area contributed by atoms with E-state index in [1.54, 1.807) is 0 Å². The molecule has 0 amide bonds. The molecular weight excluding hydrogens is 1110 g/mol. The number of carbonyl (C=O) groups excluding carboxylic acids is 4. The molecule has 0 aliphatic heterocycles. The second kappa shape index (κ2) is 60.0. The fraction of sp³-hybridized carbons (Fsp3) is 0.938. The van der Waals surface area contributed by atoms with E-state index in [0.717, 1.165) is 116 Å². The lowest BCUT2D eigenvalue weighted by atomic mass is 10.0. The molecule has 3 N–H and O–H groups in total. The van der Waals surface area contributed by atoms with Gasteiger partial charge in [-0.15, -0.1) is 0 Å². The van der Waals surface area contributed by atoms with Crippen molar-refractivity contribution in [3.63, 3.8) is 0 Å². The van der Waals surface area contributed by atoms with Gasteiger partial charge < -0.3 is 33.8 Å². The summed E-state index contributed by atoms with van der Waals surface area (Å²) in [7, 11) is -9.87. The number of ether oxygens (including phenoxy) is 4. The maximum atomic E-state index is 13.0. The Morgan fingerprint density at radius 3 is 0.702 bits per heavy atom. The number of unbranched alkanes of at least 4 members (excludes halogenated alkanes) is 40. The van der Waals surface area contributed by atoms with E-state index < -0.39 is 97.5 Å². The Kier molecular flexibility index (Phi) is 58.6. The van der Waals surface area contributed by atoms with Crippen molar-refractivity contribution >= 4 is 39.5 Å². The first-order chi connectivity index (χ1) is 40.7. The van der Waals surface area contributed by atoms with Gasteiger partial charge in [-0.25, -0.2) is 9.13 Å². The smallest absolute Gasteiger partial charge is 0.462 e.